The highest BCUT2D eigenvalue weighted by molar-refractivity contribution is 6.01. The lowest BCUT2D eigenvalue weighted by molar-refractivity contribution is -0.216. The van der Waals surface area contributed by atoms with Crippen molar-refractivity contribution in [3.05, 3.63) is 0 Å². The van der Waals surface area contributed by atoms with Gasteiger partial charge in [0.2, 0.25) is 0 Å². The van der Waals surface area contributed by atoms with Crippen LogP contribution in [0.25, 0.3) is 0 Å². The second-order valence-corrected chi connectivity index (χ2v) is 12.4. The van der Waals surface area contributed by atoms with Gasteiger partial charge in [0, 0.05) is 19.3 Å². The highest BCUT2D eigenvalue weighted by atomic mass is 16.6. The Kier molecular flexibility index (Phi) is 23.1. The van der Waals surface area contributed by atoms with Crippen LogP contribution in [-0.4, -0.2) is 46.5 Å². The molecule has 2 unspecified atom stereocenters. The Balaban J connectivity index is 7.61. The van der Waals surface area contributed by atoms with Crippen molar-refractivity contribution < 1.29 is 48.1 Å². The topological polar surface area (TPSA) is 150 Å². The minimum atomic E-state index is -2.96. The van der Waals surface area contributed by atoms with Gasteiger partial charge >= 0.3 is 35.8 Å². The van der Waals surface area contributed by atoms with Crippen LogP contribution in [0.2, 0.25) is 0 Å². The van der Waals surface area contributed by atoms with E-state index < -0.39 is 52.7 Å². The molecule has 0 aliphatic rings. The summed E-state index contributed by atoms with van der Waals surface area (Å²) in [5.41, 5.74) is -5.10. The highest BCUT2D eigenvalue weighted by Crippen LogP contribution is 2.50. The summed E-state index contributed by atoms with van der Waals surface area (Å²) in [4.78, 5) is 80.5. The van der Waals surface area contributed by atoms with Gasteiger partial charge in [-0.1, -0.05) is 119 Å². The monoisotopic (exact) mass is 654 g/mol. The van der Waals surface area contributed by atoms with E-state index in [1.54, 1.807) is 20.8 Å². The minimum Gasteiger partial charge on any atom is -0.393 e. The first-order chi connectivity index (χ1) is 21.9. The predicted molar refractivity (Wildman–Crippen MR) is 175 cm³/mol. The Bertz CT molecular complexity index is 931. The zero-order valence-corrected chi connectivity index (χ0v) is 29.5. The third-order valence-corrected chi connectivity index (χ3v) is 8.47. The number of unbranched alkanes of at least 4 members (excludes halogenated alkanes) is 9. The lowest BCUT2D eigenvalue weighted by Gasteiger charge is -2.46. The fourth-order valence-electron chi connectivity index (χ4n) is 5.85. The van der Waals surface area contributed by atoms with Crippen molar-refractivity contribution in [1.29, 1.82) is 0 Å². The second kappa shape index (κ2) is 24.5. The zero-order valence-electron chi connectivity index (χ0n) is 29.5. The molecule has 0 radical (unpaired) electrons. The molecule has 1 N–H and O–H groups in total. The summed E-state index contributed by atoms with van der Waals surface area (Å²) < 4.78 is 15.8. The van der Waals surface area contributed by atoms with Crippen LogP contribution < -0.4 is 0 Å². The lowest BCUT2D eigenvalue weighted by Crippen LogP contribution is -2.65. The van der Waals surface area contributed by atoms with Crippen molar-refractivity contribution in [3.63, 3.8) is 0 Å². The van der Waals surface area contributed by atoms with Crippen LogP contribution in [0.4, 0.5) is 0 Å². The van der Waals surface area contributed by atoms with Crippen LogP contribution in [-0.2, 0) is 43.0 Å². The molecule has 0 heterocycles. The molecular weight excluding hydrogens is 592 g/mol. The number of aliphatic hydroxyl groups is 1. The van der Waals surface area contributed by atoms with Crippen LogP contribution in [0.3, 0.4) is 0 Å². The number of carbonyl (C=O) groups is 6. The zero-order chi connectivity index (χ0) is 35.0. The fourth-order valence-corrected chi connectivity index (χ4v) is 5.85. The van der Waals surface area contributed by atoms with Crippen molar-refractivity contribution >= 4 is 35.8 Å². The molecule has 46 heavy (non-hydrogen) atoms. The van der Waals surface area contributed by atoms with Gasteiger partial charge in [0.1, 0.15) is 5.41 Å². The molecule has 0 fully saturated rings. The first kappa shape index (κ1) is 43.4. The van der Waals surface area contributed by atoms with Gasteiger partial charge in [0.25, 0.3) is 0 Å². The summed E-state index contributed by atoms with van der Waals surface area (Å²) in [6.07, 6.45) is 8.59. The van der Waals surface area contributed by atoms with Gasteiger partial charge in [-0.3, -0.25) is 24.0 Å². The molecule has 0 amide bonds. The van der Waals surface area contributed by atoms with Gasteiger partial charge in [0.15, 0.2) is 5.60 Å². The summed E-state index contributed by atoms with van der Waals surface area (Å²) in [6.45, 7) is 11.2. The van der Waals surface area contributed by atoms with Crippen LogP contribution in [0.5, 0.6) is 0 Å². The molecule has 0 aromatic heterocycles. The van der Waals surface area contributed by atoms with Gasteiger partial charge in [-0.25, -0.2) is 4.79 Å². The van der Waals surface area contributed by atoms with E-state index in [-0.39, 0.29) is 38.5 Å². The minimum absolute atomic E-state index is 0.0701. The number of carbonyl (C=O) groups excluding carboxylic acids is 6. The standard InChI is InChI=1S/C36H62O10/c1-7-13-16-19-25-28(32(40)44-29(37)22-10-4)36(43,34(42)46-31(39)24-12-6)35(26-20-17-14-8-2,27-21-18-15-9-3)33(41)45-30(38)23-11-5/h28,43H,7-27H2,1-6H3. The molecule has 266 valence electrons. The SMILES string of the molecule is CCCCCCC(C(=O)OC(=O)CCC)C(O)(C(=O)OC(=O)CCC)C(CCCCCC)(CCCCCC)C(=O)OC(=O)CCC. The molecule has 0 aromatic rings. The molecule has 2 atom stereocenters. The number of esters is 6. The van der Waals surface area contributed by atoms with Crippen molar-refractivity contribution in [3.8, 4) is 0 Å². The maximum absolute atomic E-state index is 14.4. The van der Waals surface area contributed by atoms with E-state index in [1.807, 2.05) is 20.8 Å². The van der Waals surface area contributed by atoms with Gasteiger partial charge in [0.05, 0.1) is 5.92 Å². The Morgan fingerprint density at radius 3 is 1.30 bits per heavy atom. The smallest absolute Gasteiger partial charge is 0.347 e. The molecule has 0 aliphatic heterocycles. The van der Waals surface area contributed by atoms with E-state index in [2.05, 4.69) is 0 Å². The van der Waals surface area contributed by atoms with E-state index in [1.165, 1.54) is 0 Å². The first-order valence-electron chi connectivity index (χ1n) is 17.9. The third-order valence-electron chi connectivity index (χ3n) is 8.47. The molecule has 0 bridgehead atoms. The van der Waals surface area contributed by atoms with Crippen molar-refractivity contribution in [2.75, 3.05) is 0 Å². The Hall–Kier alpha value is -2.62. The molecule has 10 heteroatoms. The van der Waals surface area contributed by atoms with Crippen molar-refractivity contribution in [1.82, 2.24) is 0 Å². The predicted octanol–water partition coefficient (Wildman–Crippen LogP) is 7.84. The first-order valence-corrected chi connectivity index (χ1v) is 17.9. The van der Waals surface area contributed by atoms with E-state index in [9.17, 15) is 33.9 Å². The Labute approximate surface area is 277 Å². The molecule has 0 rings (SSSR count). The molecule has 0 spiro atoms. The normalized spacial score (nSPS) is 13.4. The van der Waals surface area contributed by atoms with Crippen LogP contribution in [0, 0.1) is 11.3 Å². The van der Waals surface area contributed by atoms with E-state index in [4.69, 9.17) is 14.2 Å². The van der Waals surface area contributed by atoms with Crippen LogP contribution in [0.15, 0.2) is 0 Å². The number of ether oxygens (including phenoxy) is 3. The number of rotatable bonds is 26. The maximum atomic E-state index is 14.4. The van der Waals surface area contributed by atoms with Gasteiger partial charge in [-0.2, -0.15) is 0 Å². The molecule has 0 saturated heterocycles. The maximum Gasteiger partial charge on any atom is 0.347 e. The quantitative estimate of drug-likeness (QED) is 0.0423. The van der Waals surface area contributed by atoms with Crippen LogP contribution >= 0.6 is 0 Å². The lowest BCUT2D eigenvalue weighted by atomic mass is 9.59. The average Bonchev–Trinajstić information content (AvgIpc) is 3.00. The molecule has 0 aliphatic carbocycles. The fraction of sp³-hybridized carbons (Fsp3) is 0.833. The number of hydrogen-bond donors (Lipinski definition) is 1. The van der Waals surface area contributed by atoms with Crippen molar-refractivity contribution in [2.24, 2.45) is 11.3 Å². The van der Waals surface area contributed by atoms with Crippen molar-refractivity contribution in [2.45, 2.75) is 182 Å². The van der Waals surface area contributed by atoms with Gasteiger partial charge < -0.3 is 19.3 Å². The van der Waals surface area contributed by atoms with Gasteiger partial charge in [-0.05, 0) is 38.5 Å². The molecule has 0 saturated carbocycles. The largest absolute Gasteiger partial charge is 0.393 e. The summed E-state index contributed by atoms with van der Waals surface area (Å²) in [7, 11) is 0. The summed E-state index contributed by atoms with van der Waals surface area (Å²) in [5.74, 6) is -8.08. The van der Waals surface area contributed by atoms with E-state index in [0.29, 0.717) is 57.8 Å². The average molecular weight is 655 g/mol. The summed E-state index contributed by atoms with van der Waals surface area (Å²) in [5, 5.41) is 12.9. The summed E-state index contributed by atoms with van der Waals surface area (Å²) in [6, 6.07) is 0. The highest BCUT2D eigenvalue weighted by Gasteiger charge is 2.67. The van der Waals surface area contributed by atoms with E-state index >= 15 is 0 Å². The Morgan fingerprint density at radius 1 is 0.500 bits per heavy atom. The third kappa shape index (κ3) is 14.0. The Morgan fingerprint density at radius 2 is 0.891 bits per heavy atom. The molecular formula is C36H62O10. The van der Waals surface area contributed by atoms with E-state index in [0.717, 1.165) is 38.5 Å². The van der Waals surface area contributed by atoms with Crippen LogP contribution in [0.1, 0.15) is 176 Å². The second-order valence-electron chi connectivity index (χ2n) is 12.4. The molecule has 0 aromatic carbocycles. The summed E-state index contributed by atoms with van der Waals surface area (Å²) >= 11 is 0. The van der Waals surface area contributed by atoms with Gasteiger partial charge in [-0.15, -0.1) is 0 Å². The number of hydrogen-bond acceptors (Lipinski definition) is 10. The molecule has 10 nitrogen and oxygen atoms in total.